The average Bonchev–Trinajstić information content (AvgIpc) is 3.02. The van der Waals surface area contributed by atoms with E-state index in [-0.39, 0.29) is 34.9 Å². The summed E-state index contributed by atoms with van der Waals surface area (Å²) in [7, 11) is 2.86. The molecule has 0 radical (unpaired) electrons. The van der Waals surface area contributed by atoms with Gasteiger partial charge in [0.1, 0.15) is 18.0 Å². The van der Waals surface area contributed by atoms with Crippen LogP contribution in [0.3, 0.4) is 0 Å². The van der Waals surface area contributed by atoms with E-state index in [0.29, 0.717) is 0 Å². The van der Waals surface area contributed by atoms with Crippen molar-refractivity contribution in [3.63, 3.8) is 0 Å². The maximum absolute atomic E-state index is 13.7. The summed E-state index contributed by atoms with van der Waals surface area (Å²) < 4.78 is 22.4. The van der Waals surface area contributed by atoms with Gasteiger partial charge in [-0.3, -0.25) is 13.9 Å². The summed E-state index contributed by atoms with van der Waals surface area (Å²) in [5, 5.41) is -0.0491. The lowest BCUT2D eigenvalue weighted by Crippen LogP contribution is -2.37. The van der Waals surface area contributed by atoms with Gasteiger partial charge in [-0.25, -0.2) is 19.0 Å². The lowest BCUT2D eigenvalue weighted by Gasteiger charge is -2.09. The van der Waals surface area contributed by atoms with Gasteiger partial charge in [0.25, 0.3) is 5.56 Å². The maximum atomic E-state index is 13.7. The normalized spacial score (nSPS) is 11.1. The van der Waals surface area contributed by atoms with Crippen LogP contribution in [0.5, 0.6) is 0 Å². The Morgan fingerprint density at radius 1 is 1.27 bits per heavy atom. The zero-order valence-corrected chi connectivity index (χ0v) is 14.7. The Bertz CT molecular complexity index is 1110. The monoisotopic (exact) mass is 380 g/mol. The van der Waals surface area contributed by atoms with Crippen LogP contribution in [0.15, 0.2) is 34.1 Å². The van der Waals surface area contributed by atoms with E-state index in [1.165, 1.54) is 41.7 Å². The number of esters is 1. The van der Waals surface area contributed by atoms with Gasteiger partial charge in [0.2, 0.25) is 0 Å². The van der Waals surface area contributed by atoms with Gasteiger partial charge in [-0.15, -0.1) is 0 Å². The molecule has 3 aromatic rings. The number of aryl methyl sites for hydroxylation is 1. The Hall–Kier alpha value is -2.94. The van der Waals surface area contributed by atoms with Gasteiger partial charge in [0, 0.05) is 14.1 Å². The first-order valence-corrected chi connectivity index (χ1v) is 7.92. The van der Waals surface area contributed by atoms with E-state index in [1.807, 2.05) is 0 Å². The SMILES string of the molecule is Cn1c(=O)c2c(ncn2CCOC(=O)c2c(F)cccc2Cl)n(C)c1=O. The number of nitrogens with zero attached hydrogens (tertiary/aromatic N) is 4. The van der Waals surface area contributed by atoms with E-state index in [0.717, 1.165) is 10.6 Å². The number of ether oxygens (including phenoxy) is 1. The lowest BCUT2D eigenvalue weighted by molar-refractivity contribution is 0.0487. The number of carbonyl (C=O) groups excluding carboxylic acids is 1. The minimum Gasteiger partial charge on any atom is -0.460 e. The molecule has 0 aliphatic rings. The Balaban J connectivity index is 1.82. The molecule has 2 heterocycles. The van der Waals surface area contributed by atoms with E-state index >= 15 is 0 Å². The van der Waals surface area contributed by atoms with Gasteiger partial charge in [-0.05, 0) is 12.1 Å². The van der Waals surface area contributed by atoms with Gasteiger partial charge in [0.15, 0.2) is 11.2 Å². The predicted octanol–water partition coefficient (Wildman–Crippen LogP) is 1.08. The van der Waals surface area contributed by atoms with Crippen molar-refractivity contribution in [1.29, 1.82) is 0 Å². The first-order chi connectivity index (χ1) is 12.3. The summed E-state index contributed by atoms with van der Waals surface area (Å²) in [5.41, 5.74) is -0.920. The molecular formula is C16H14ClFN4O4. The molecule has 2 aromatic heterocycles. The van der Waals surface area contributed by atoms with Crippen LogP contribution in [-0.4, -0.2) is 31.3 Å². The highest BCUT2D eigenvalue weighted by molar-refractivity contribution is 6.33. The summed E-state index contributed by atoms with van der Waals surface area (Å²) in [4.78, 5) is 40.3. The van der Waals surface area contributed by atoms with Crippen LogP contribution in [0.25, 0.3) is 11.2 Å². The Morgan fingerprint density at radius 2 is 2.00 bits per heavy atom. The molecule has 0 saturated heterocycles. The summed E-state index contributed by atoms with van der Waals surface area (Å²) >= 11 is 5.82. The molecule has 3 rings (SSSR count). The summed E-state index contributed by atoms with van der Waals surface area (Å²) in [6.07, 6.45) is 1.37. The highest BCUT2D eigenvalue weighted by Crippen LogP contribution is 2.19. The number of benzene rings is 1. The van der Waals surface area contributed by atoms with Crippen LogP contribution in [0, 0.1) is 5.82 Å². The fourth-order valence-electron chi connectivity index (χ4n) is 2.57. The van der Waals surface area contributed by atoms with Crippen molar-refractivity contribution in [2.75, 3.05) is 6.61 Å². The molecule has 26 heavy (non-hydrogen) atoms. The van der Waals surface area contributed by atoms with Gasteiger partial charge in [-0.1, -0.05) is 17.7 Å². The molecular weight excluding hydrogens is 367 g/mol. The topological polar surface area (TPSA) is 88.1 Å². The summed E-state index contributed by atoms with van der Waals surface area (Å²) in [6.45, 7) is -0.0390. The van der Waals surface area contributed by atoms with E-state index in [1.54, 1.807) is 0 Å². The first-order valence-electron chi connectivity index (χ1n) is 7.55. The molecule has 0 N–H and O–H groups in total. The maximum Gasteiger partial charge on any atom is 0.342 e. The van der Waals surface area contributed by atoms with Crippen molar-refractivity contribution in [2.45, 2.75) is 6.54 Å². The molecule has 8 nitrogen and oxygen atoms in total. The third-order valence-electron chi connectivity index (χ3n) is 3.95. The highest BCUT2D eigenvalue weighted by atomic mass is 35.5. The Morgan fingerprint density at radius 3 is 2.69 bits per heavy atom. The van der Waals surface area contributed by atoms with Crippen molar-refractivity contribution < 1.29 is 13.9 Å². The van der Waals surface area contributed by atoms with Gasteiger partial charge < -0.3 is 9.30 Å². The second-order valence-corrected chi connectivity index (χ2v) is 5.96. The molecule has 0 bridgehead atoms. The van der Waals surface area contributed by atoms with Crippen molar-refractivity contribution in [1.82, 2.24) is 18.7 Å². The van der Waals surface area contributed by atoms with E-state index < -0.39 is 23.0 Å². The summed E-state index contributed by atoms with van der Waals surface area (Å²) in [5.74, 6) is -1.68. The van der Waals surface area contributed by atoms with Crippen molar-refractivity contribution >= 4 is 28.7 Å². The number of fused-ring (bicyclic) bond motifs is 1. The van der Waals surface area contributed by atoms with Gasteiger partial charge in [0.05, 0.1) is 17.9 Å². The molecule has 136 valence electrons. The van der Waals surface area contributed by atoms with Crippen LogP contribution < -0.4 is 11.2 Å². The smallest absolute Gasteiger partial charge is 0.342 e. The number of hydrogen-bond donors (Lipinski definition) is 0. The second-order valence-electron chi connectivity index (χ2n) is 5.55. The van der Waals surface area contributed by atoms with Crippen molar-refractivity contribution in [2.24, 2.45) is 14.1 Å². The van der Waals surface area contributed by atoms with Gasteiger partial charge in [-0.2, -0.15) is 0 Å². The van der Waals surface area contributed by atoms with Crippen molar-refractivity contribution in [3.05, 3.63) is 61.8 Å². The highest BCUT2D eigenvalue weighted by Gasteiger charge is 2.18. The molecule has 1 aromatic carbocycles. The Kier molecular flexibility index (Phi) is 4.64. The molecule has 0 saturated carbocycles. The minimum absolute atomic E-state index is 0.0491. The Labute approximate surface area is 151 Å². The van der Waals surface area contributed by atoms with Crippen LogP contribution in [0.2, 0.25) is 5.02 Å². The van der Waals surface area contributed by atoms with Crippen molar-refractivity contribution in [3.8, 4) is 0 Å². The zero-order valence-electron chi connectivity index (χ0n) is 13.9. The fraction of sp³-hybridized carbons (Fsp3) is 0.250. The molecule has 0 fully saturated rings. The lowest BCUT2D eigenvalue weighted by atomic mass is 10.2. The van der Waals surface area contributed by atoms with E-state index in [4.69, 9.17) is 16.3 Å². The standard InChI is InChI=1S/C16H14ClFN4O4/c1-20-13-12(14(23)21(2)16(20)25)22(8-19-13)6-7-26-15(24)11-9(17)4-3-5-10(11)18/h3-5,8H,6-7H2,1-2H3. The fourth-order valence-corrected chi connectivity index (χ4v) is 2.81. The molecule has 0 aliphatic heterocycles. The molecule has 0 unspecified atom stereocenters. The number of rotatable bonds is 4. The van der Waals surface area contributed by atoms with E-state index in [2.05, 4.69) is 4.98 Å². The average molecular weight is 381 g/mol. The largest absolute Gasteiger partial charge is 0.460 e. The molecule has 0 atom stereocenters. The van der Waals surface area contributed by atoms with Crippen LogP contribution >= 0.6 is 11.6 Å². The molecule has 0 spiro atoms. The van der Waals surface area contributed by atoms with Crippen LogP contribution in [0.4, 0.5) is 4.39 Å². The van der Waals surface area contributed by atoms with Crippen LogP contribution in [-0.2, 0) is 25.4 Å². The minimum atomic E-state index is -0.905. The first kappa shape index (κ1) is 17.9. The third-order valence-corrected chi connectivity index (χ3v) is 4.26. The molecule has 0 amide bonds. The molecule has 0 aliphatic carbocycles. The number of imidazole rings is 1. The number of aromatic nitrogens is 4. The van der Waals surface area contributed by atoms with Crippen LogP contribution in [0.1, 0.15) is 10.4 Å². The number of hydrogen-bond acceptors (Lipinski definition) is 5. The number of halogens is 2. The third kappa shape index (κ3) is 2.90. The van der Waals surface area contributed by atoms with Gasteiger partial charge >= 0.3 is 11.7 Å². The predicted molar refractivity (Wildman–Crippen MR) is 91.9 cm³/mol. The van der Waals surface area contributed by atoms with E-state index in [9.17, 15) is 18.8 Å². The zero-order chi connectivity index (χ0) is 19.0. The quantitative estimate of drug-likeness (QED) is 0.632. The number of carbonyl (C=O) groups is 1. The molecule has 10 heteroatoms. The summed E-state index contributed by atoms with van der Waals surface area (Å²) in [6, 6.07) is 3.87. The second kappa shape index (κ2) is 6.75.